The van der Waals surface area contributed by atoms with Crippen molar-refractivity contribution < 1.29 is 66.7 Å². The van der Waals surface area contributed by atoms with E-state index in [9.17, 15) is 32.9 Å². The number of aryl methyl sites for hydroxylation is 5. The molecule has 0 amide bonds. The van der Waals surface area contributed by atoms with Crippen LogP contribution in [0, 0.1) is 37.8 Å². The van der Waals surface area contributed by atoms with E-state index in [-0.39, 0.29) is 46.7 Å². The van der Waals surface area contributed by atoms with Crippen LogP contribution in [-0.2, 0) is 27.8 Å². The van der Waals surface area contributed by atoms with E-state index in [1.54, 1.807) is 107 Å². The van der Waals surface area contributed by atoms with Crippen LogP contribution in [-0.4, -0.2) is 187 Å². The number of nitrogens with two attached hydrogens (primary N) is 1. The first-order valence-corrected chi connectivity index (χ1v) is 34.1. The summed E-state index contributed by atoms with van der Waals surface area (Å²) in [6.45, 7) is 9.05. The number of rotatable bonds is 14. The summed E-state index contributed by atoms with van der Waals surface area (Å²) in [5, 5.41) is 87.0. The number of H-pyrrole nitrogens is 6. The van der Waals surface area contributed by atoms with Gasteiger partial charge >= 0.3 is 11.9 Å². The number of nitro groups is 1. The zero-order valence-electron chi connectivity index (χ0n) is 60.2. The van der Waals surface area contributed by atoms with Gasteiger partial charge < -0.3 is 44.7 Å². The molecule has 0 spiro atoms. The molecule has 0 aliphatic carbocycles. The van der Waals surface area contributed by atoms with Gasteiger partial charge in [-0.25, -0.2) is 39.7 Å². The summed E-state index contributed by atoms with van der Waals surface area (Å²) in [5.41, 5.74) is 15.6. The lowest BCUT2D eigenvalue weighted by Gasteiger charge is -2.07. The van der Waals surface area contributed by atoms with Crippen LogP contribution in [0.5, 0.6) is 28.7 Å². The molecule has 16 rings (SSSR count). The third-order valence-electron chi connectivity index (χ3n) is 15.7. The monoisotopic (exact) mass is 1540 g/mol. The minimum Gasteiger partial charge on any atom is -0.497 e. The number of ether oxygens (including phenoxy) is 5. The van der Waals surface area contributed by atoms with Gasteiger partial charge in [-0.3, -0.25) is 50.3 Å². The number of fused-ring (bicyclic) bond motifs is 7. The number of ketones is 1. The Morgan fingerprint density at radius 1 is 0.536 bits per heavy atom. The van der Waals surface area contributed by atoms with Crippen molar-refractivity contribution in [2.24, 2.45) is 0 Å². The normalized spacial score (nSPS) is 10.7. The number of methoxy groups -OCH3 is 5. The topological polar surface area (TPSA) is 541 Å². The maximum Gasteiger partial charge on any atom is 0.354 e. The number of aromatic amines is 6. The highest BCUT2D eigenvalue weighted by atomic mass is 35.5. The summed E-state index contributed by atoms with van der Waals surface area (Å²) in [7, 11) is 3.71. The van der Waals surface area contributed by atoms with Crippen LogP contribution in [0.2, 0.25) is 5.15 Å². The van der Waals surface area contributed by atoms with E-state index in [2.05, 4.69) is 101 Å². The Labute approximate surface area is 627 Å². The third kappa shape index (κ3) is 19.6. The first kappa shape index (κ1) is 79.9. The Bertz CT molecular complexity index is 6020. The molecule has 0 unspecified atom stereocenters. The van der Waals surface area contributed by atoms with Gasteiger partial charge in [0, 0.05) is 80.0 Å². The fourth-order valence-corrected chi connectivity index (χ4v) is 11.5. The summed E-state index contributed by atoms with van der Waals surface area (Å²) in [6.07, 6.45) is 10.8. The van der Waals surface area contributed by atoms with Gasteiger partial charge in [0.25, 0.3) is 15.7 Å². The molecule has 11 N–H and O–H groups in total. The van der Waals surface area contributed by atoms with Gasteiger partial charge in [0.1, 0.15) is 40.1 Å². The highest BCUT2D eigenvalue weighted by molar-refractivity contribution is 7.90. The number of pyridine rings is 7. The molecule has 14 heterocycles. The number of nitrogens with one attached hydrogen (secondary N) is 6. The molecule has 2 aromatic carbocycles. The Kier molecular flexibility index (Phi) is 26.6. The molecule has 0 fully saturated rings. The lowest BCUT2D eigenvalue weighted by atomic mass is 10.1. The molecule has 40 heteroatoms. The molecular formula is C70H70ClN23O15S. The summed E-state index contributed by atoms with van der Waals surface area (Å²) < 4.78 is 52.3. The number of anilines is 1. The van der Waals surface area contributed by atoms with E-state index in [1.165, 1.54) is 58.8 Å². The second kappa shape index (κ2) is 36.7. The number of halogens is 1. The molecule has 0 atom stereocenters. The lowest BCUT2D eigenvalue weighted by molar-refractivity contribution is -0.385. The Morgan fingerprint density at radius 2 is 0.991 bits per heavy atom. The van der Waals surface area contributed by atoms with Crippen molar-refractivity contribution in [3.63, 3.8) is 0 Å². The van der Waals surface area contributed by atoms with Gasteiger partial charge in [-0.15, -0.1) is 0 Å². The number of carboxylic acid groups (broad SMARTS) is 2. The van der Waals surface area contributed by atoms with Gasteiger partial charge in [-0.05, 0) is 126 Å². The first-order chi connectivity index (χ1) is 52.8. The van der Waals surface area contributed by atoms with E-state index >= 15 is 0 Å². The summed E-state index contributed by atoms with van der Waals surface area (Å²) in [5.74, 6) is 0.864. The smallest absolute Gasteiger partial charge is 0.354 e. The number of benzene rings is 2. The number of carbonyl (C=O) groups excluding carboxylic acids is 1. The fourth-order valence-electron chi connectivity index (χ4n) is 9.90. The zero-order valence-corrected chi connectivity index (χ0v) is 61.7. The van der Waals surface area contributed by atoms with Gasteiger partial charge in [-0.2, -0.15) is 48.2 Å². The van der Waals surface area contributed by atoms with E-state index in [1.807, 2.05) is 45.0 Å². The highest BCUT2D eigenvalue weighted by Crippen LogP contribution is 2.30. The van der Waals surface area contributed by atoms with E-state index in [0.717, 1.165) is 71.1 Å². The molecule has 0 saturated heterocycles. The number of aliphatic hydroxyl groups is 1. The number of hydrogen-bond donors (Lipinski definition) is 10. The average Bonchev–Trinajstić information content (AvgIpc) is 1.61. The SMILES string of the molecule is CC(=O)c1cccnc1Cl.COc1ccc(S(=O)(=O)n2nc(CCC(=O)O)c3cc(OC)ccc32)cc1.COc1cnc2n[nH]c(C(=O)O)c2c1.COc1cnc2n[nH]c(C)c2c1.COc1cnc2n[nH]c(CO)c2c1.Cc1[nH]nc2ncc(N)cc12.Cc1[nH]nc2ncc([N+](=O)[O-])cc12.Cc1[nH]nc2ncccc12. The van der Waals surface area contributed by atoms with Crippen molar-refractivity contribution >= 4 is 128 Å². The molecule has 38 nitrogen and oxygen atoms in total. The second-order valence-corrected chi connectivity index (χ2v) is 25.0. The van der Waals surface area contributed by atoms with Crippen molar-refractivity contribution in [2.45, 2.75) is 59.0 Å². The first-order valence-electron chi connectivity index (χ1n) is 32.3. The molecule has 0 bridgehead atoms. The molecule has 14 aromatic heterocycles. The number of aliphatic hydroxyl groups excluding tert-OH is 1. The third-order valence-corrected chi connectivity index (χ3v) is 17.6. The van der Waals surface area contributed by atoms with Gasteiger partial charge in [0.15, 0.2) is 45.4 Å². The van der Waals surface area contributed by atoms with Crippen LogP contribution in [0.1, 0.15) is 68.4 Å². The fraction of sp³-hybridized carbons (Fsp3) is 0.186. The predicted octanol–water partition coefficient (Wildman–Crippen LogP) is 9.93. The molecule has 0 radical (unpaired) electrons. The minimum absolute atomic E-state index is 0.0167. The Hall–Kier alpha value is -14.2. The van der Waals surface area contributed by atoms with E-state index < -0.39 is 26.9 Å². The Morgan fingerprint density at radius 3 is 1.51 bits per heavy atom. The molecule has 16 aromatic rings. The molecule has 0 saturated carbocycles. The van der Waals surface area contributed by atoms with Crippen LogP contribution in [0.3, 0.4) is 0 Å². The summed E-state index contributed by atoms with van der Waals surface area (Å²) in [4.78, 5) is 70.1. The molecular weight excluding hydrogens is 1470 g/mol. The zero-order chi connectivity index (χ0) is 79.3. The number of Topliss-reactive ketones (excluding diaryl/α,β-unsaturated/α-hetero) is 1. The van der Waals surface area contributed by atoms with Crippen molar-refractivity contribution in [1.29, 1.82) is 0 Å². The number of nitrogen functional groups attached to an aromatic ring is 1. The highest BCUT2D eigenvalue weighted by Gasteiger charge is 2.24. The maximum atomic E-state index is 13.1. The predicted molar refractivity (Wildman–Crippen MR) is 403 cm³/mol. The van der Waals surface area contributed by atoms with Crippen LogP contribution < -0.4 is 29.4 Å². The summed E-state index contributed by atoms with van der Waals surface area (Å²) in [6, 6.07) is 26.7. The number of aromatic nitrogens is 21. The van der Waals surface area contributed by atoms with Crippen molar-refractivity contribution in [1.82, 2.24) is 105 Å². The van der Waals surface area contributed by atoms with Gasteiger partial charge in [-0.1, -0.05) is 11.6 Å². The van der Waals surface area contributed by atoms with Crippen LogP contribution in [0.15, 0.2) is 145 Å². The molecule has 0 aliphatic rings. The van der Waals surface area contributed by atoms with Crippen LogP contribution >= 0.6 is 11.6 Å². The van der Waals surface area contributed by atoms with Crippen molar-refractivity contribution in [3.05, 3.63) is 201 Å². The number of aromatic carboxylic acids is 1. The Balaban J connectivity index is 0.000000148. The summed E-state index contributed by atoms with van der Waals surface area (Å²) >= 11 is 5.59. The molecule has 568 valence electrons. The van der Waals surface area contributed by atoms with Crippen molar-refractivity contribution in [2.75, 3.05) is 41.3 Å². The number of carbonyl (C=O) groups is 3. The number of nitrogens with zero attached hydrogens (tertiary/aromatic N) is 16. The quantitative estimate of drug-likeness (QED) is 0.0209. The maximum absolute atomic E-state index is 13.1. The van der Waals surface area contributed by atoms with E-state index in [4.69, 9.17) is 56.3 Å². The van der Waals surface area contributed by atoms with Gasteiger partial charge in [0.2, 0.25) is 0 Å². The number of hydrogen-bond acceptors (Lipinski definition) is 28. The van der Waals surface area contributed by atoms with Gasteiger partial charge in [0.05, 0.1) is 117 Å². The van der Waals surface area contributed by atoms with Crippen molar-refractivity contribution in [3.8, 4) is 28.7 Å². The minimum atomic E-state index is -3.97. The number of carboxylic acids is 2. The van der Waals surface area contributed by atoms with Crippen LogP contribution in [0.4, 0.5) is 11.4 Å². The standard InChI is InChI=1S/C18H18N2O6S.C8H7N3O3.C8H9N3O2.C8H9N3O.C7H6ClNO.C7H6N4O2.C7H8N4.C7H7N3/c1-25-12-3-6-14(7-4-12)27(23,24)20-17-9-5-13(26-2)11-15(17)16(19-20)8-10-18(21)22;1-14-4-2-5-6(8(12)13)10-11-7(5)9-3-4;1-13-5-2-6-7(4-12)10-11-8(6)9-3-5;1-5-7-3-6(12-2)4-9-8(7)11-10-5;1-5(10)6-3-2-4-9-7(6)8;1-4-6-2-5(11(12)13)3-8-7(6)10-9-4;1-4-6-2-5(8)3-9-7(6)11-10-4;1-5-6-3-2-4-8-7(6)10-9-5/h3-7,9,11H,8,10H2,1-2H3,(H,21,22);2-3H,1H3,(H,12,13)(H,9,10,11);2-3,12H,4H2,1H3,(H,9,10,11);3-4H,1-2H3,(H,9,10,11);2-4H,1H3;2-3H,1H3,(H,8,9,10);2-3H,8H2,1H3,(H,9,10,11);2-4H,1H3,(H,8,9,10). The van der Waals surface area contributed by atoms with E-state index in [0.29, 0.717) is 84.3 Å². The second-order valence-electron chi connectivity index (χ2n) is 22.9. The molecule has 0 aliphatic heterocycles. The molecule has 110 heavy (non-hydrogen) atoms. The number of aliphatic carboxylic acids is 1. The average molecular weight is 1540 g/mol. The lowest BCUT2D eigenvalue weighted by Crippen LogP contribution is -2.15. The van der Waals surface area contributed by atoms with Crippen LogP contribution in [0.25, 0.3) is 77.1 Å². The largest absolute Gasteiger partial charge is 0.497 e.